The van der Waals surface area contributed by atoms with Gasteiger partial charge in [-0.05, 0) is 246 Å². The largest absolute Gasteiger partial charge is 0.438 e. The van der Waals surface area contributed by atoms with Gasteiger partial charge < -0.3 is 37.9 Å². The van der Waals surface area contributed by atoms with E-state index in [-0.39, 0.29) is 87.6 Å². The molecule has 0 aromatic heterocycles. The summed E-state index contributed by atoms with van der Waals surface area (Å²) >= 11 is 0. The Bertz CT molecular complexity index is 2150. The number of rotatable bonds is 20. The zero-order valence-electron chi connectivity index (χ0n) is 58.3. The molecule has 0 radical (unpaired) electrons. The fraction of sp³-hybridized carbons (Fsp3) is 0.944. The summed E-state index contributed by atoms with van der Waals surface area (Å²) in [5.41, 5.74) is 0.211. The summed E-state index contributed by atoms with van der Waals surface area (Å²) in [6, 6.07) is 0. The quantitative estimate of drug-likeness (QED) is 0.0650. The van der Waals surface area contributed by atoms with Gasteiger partial charge in [-0.2, -0.15) is 0 Å². The highest BCUT2D eigenvalue weighted by atomic mass is 16.7. The molecule has 15 atom stereocenters. The van der Waals surface area contributed by atoms with Crippen molar-refractivity contribution in [2.75, 3.05) is 6.79 Å². The highest BCUT2D eigenvalue weighted by Crippen LogP contribution is 2.68. The fourth-order valence-electron chi connectivity index (χ4n) is 16.5. The van der Waals surface area contributed by atoms with Crippen LogP contribution in [0.1, 0.15) is 290 Å². The van der Waals surface area contributed by atoms with Gasteiger partial charge in [0.2, 0.25) is 0 Å². The molecule has 482 valence electrons. The second kappa shape index (κ2) is 25.3. The molecule has 0 amide bonds. The summed E-state index contributed by atoms with van der Waals surface area (Å²) in [5.74, 6) is 2.32. The van der Waals surface area contributed by atoms with Gasteiger partial charge >= 0.3 is 23.9 Å². The lowest BCUT2D eigenvalue weighted by molar-refractivity contribution is -0.219. The lowest BCUT2D eigenvalue weighted by Crippen LogP contribution is -2.45. The first-order valence-corrected chi connectivity index (χ1v) is 33.1. The Morgan fingerprint density at radius 2 is 0.723 bits per heavy atom. The van der Waals surface area contributed by atoms with E-state index in [1.165, 1.54) is 64.2 Å². The van der Waals surface area contributed by atoms with Crippen LogP contribution >= 0.6 is 0 Å². The Labute approximate surface area is 507 Å². The van der Waals surface area contributed by atoms with Gasteiger partial charge in [0.25, 0.3) is 0 Å². The van der Waals surface area contributed by atoms with Crippen LogP contribution < -0.4 is 0 Å². The van der Waals surface area contributed by atoms with E-state index in [9.17, 15) is 19.2 Å². The number of esters is 4. The molecule has 0 aliphatic heterocycles. The second-order valence-corrected chi connectivity index (χ2v) is 33.8. The van der Waals surface area contributed by atoms with Crippen molar-refractivity contribution in [3.63, 3.8) is 0 Å². The van der Waals surface area contributed by atoms with Crippen molar-refractivity contribution in [1.29, 1.82) is 0 Å². The standard InChI is InChI=1S/3C18H32O3.C17H30O3/c1-8-16(3,4)15(19)21-12(2)20-14-17(5,6)13-9-10-18(14,7)11-13;2*1-8-16(3,4)15(19)21-12(2)20-14-11-13-9-10-18(14,7)17(13,5)6;1-7-15(2,3)14(18)20-11-19-13-16(4,5)12-8-9-17(13,6)10-12/h3*12-14H,8-11H2,1-7H3;12-13H,7-11H2,1-6H3. The van der Waals surface area contributed by atoms with Crippen molar-refractivity contribution in [2.45, 2.75) is 333 Å². The normalized spacial score (nSPS) is 35.7. The van der Waals surface area contributed by atoms with Crippen molar-refractivity contribution >= 4 is 23.9 Å². The summed E-state index contributed by atoms with van der Waals surface area (Å²) in [6.45, 7) is 57.0. The summed E-state index contributed by atoms with van der Waals surface area (Å²) < 4.78 is 46.5. The number of carbonyl (C=O) groups is 4. The third-order valence-electron chi connectivity index (χ3n) is 25.7. The Hall–Kier alpha value is -2.28. The van der Waals surface area contributed by atoms with E-state index in [1.54, 1.807) is 0 Å². The first kappa shape index (κ1) is 71.5. The van der Waals surface area contributed by atoms with E-state index >= 15 is 0 Å². The molecule has 8 bridgehead atoms. The molecule has 8 aliphatic carbocycles. The first-order valence-electron chi connectivity index (χ1n) is 33.1. The molecule has 0 saturated heterocycles. The maximum atomic E-state index is 12.2. The molecule has 83 heavy (non-hydrogen) atoms. The van der Waals surface area contributed by atoms with Gasteiger partial charge in [-0.25, -0.2) is 0 Å². The molecular weight excluding hydrogens is 1040 g/mol. The van der Waals surface area contributed by atoms with Crippen LogP contribution in [0.15, 0.2) is 0 Å². The Balaban J connectivity index is 0.000000203. The Morgan fingerprint density at radius 1 is 0.422 bits per heavy atom. The third kappa shape index (κ3) is 14.3. The van der Waals surface area contributed by atoms with Crippen LogP contribution in [0.2, 0.25) is 0 Å². The summed E-state index contributed by atoms with van der Waals surface area (Å²) in [5, 5.41) is 0. The van der Waals surface area contributed by atoms with Gasteiger partial charge in [-0.15, -0.1) is 0 Å². The van der Waals surface area contributed by atoms with Crippen LogP contribution in [0.4, 0.5) is 0 Å². The van der Waals surface area contributed by atoms with E-state index in [1.807, 2.05) is 104 Å². The van der Waals surface area contributed by atoms with Crippen LogP contribution in [0.5, 0.6) is 0 Å². The number of hydrogen-bond acceptors (Lipinski definition) is 12. The third-order valence-corrected chi connectivity index (χ3v) is 25.7. The van der Waals surface area contributed by atoms with Crippen LogP contribution in [0.3, 0.4) is 0 Å². The summed E-state index contributed by atoms with van der Waals surface area (Å²) in [6.07, 6.45) is 17.3. The monoisotopic (exact) mass is 1170 g/mol. The molecule has 0 N–H and O–H groups in total. The van der Waals surface area contributed by atoms with Gasteiger partial charge in [-0.1, -0.05) is 111 Å². The van der Waals surface area contributed by atoms with E-state index in [0.717, 1.165) is 62.2 Å². The number of fused-ring (bicyclic) bond motifs is 8. The van der Waals surface area contributed by atoms with E-state index in [4.69, 9.17) is 37.9 Å². The average Bonchev–Trinajstić information content (AvgIpc) is 2.37. The van der Waals surface area contributed by atoms with E-state index < -0.39 is 40.5 Å². The zero-order chi connectivity index (χ0) is 63.3. The van der Waals surface area contributed by atoms with Gasteiger partial charge in [-0.3, -0.25) is 19.2 Å². The Kier molecular flexibility index (Phi) is 21.8. The van der Waals surface area contributed by atoms with Crippen molar-refractivity contribution in [1.82, 2.24) is 0 Å². The lowest BCUT2D eigenvalue weighted by atomic mass is 9.70. The highest BCUT2D eigenvalue weighted by Gasteiger charge is 2.65. The number of carbonyl (C=O) groups excluding carboxylic acids is 4. The van der Waals surface area contributed by atoms with Gasteiger partial charge in [0.15, 0.2) is 25.7 Å². The van der Waals surface area contributed by atoms with Crippen molar-refractivity contribution in [3.8, 4) is 0 Å². The highest BCUT2D eigenvalue weighted by molar-refractivity contribution is 5.77. The zero-order valence-corrected chi connectivity index (χ0v) is 58.3. The van der Waals surface area contributed by atoms with Crippen molar-refractivity contribution in [2.24, 2.45) is 88.7 Å². The van der Waals surface area contributed by atoms with Gasteiger partial charge in [0.1, 0.15) is 0 Å². The first-order chi connectivity index (χ1) is 37.7. The minimum Gasteiger partial charge on any atom is -0.438 e. The predicted octanol–water partition coefficient (Wildman–Crippen LogP) is 17.8. The minimum atomic E-state index is -0.469. The number of hydrogen-bond donors (Lipinski definition) is 0. The smallest absolute Gasteiger partial charge is 0.313 e. The summed E-state index contributed by atoms with van der Waals surface area (Å²) in [4.78, 5) is 48.4. The molecule has 8 saturated carbocycles. The Morgan fingerprint density at radius 3 is 1.00 bits per heavy atom. The average molecular weight is 1170 g/mol. The van der Waals surface area contributed by atoms with Crippen molar-refractivity contribution in [3.05, 3.63) is 0 Å². The molecule has 0 heterocycles. The topological polar surface area (TPSA) is 142 Å². The van der Waals surface area contributed by atoms with E-state index in [2.05, 4.69) is 83.1 Å². The van der Waals surface area contributed by atoms with Crippen LogP contribution in [-0.4, -0.2) is 74.0 Å². The molecule has 0 spiro atoms. The molecule has 15 unspecified atom stereocenters. The maximum absolute atomic E-state index is 12.2. The molecule has 8 rings (SSSR count). The van der Waals surface area contributed by atoms with Gasteiger partial charge in [0, 0.05) is 0 Å². The second-order valence-electron chi connectivity index (χ2n) is 33.8. The molecule has 12 heteroatoms. The predicted molar refractivity (Wildman–Crippen MR) is 330 cm³/mol. The SMILES string of the molecule is CCC(C)(C)C(=O)OC(C)OC1C2(C)CCC(C2)C1(C)C.CCC(C)(C)C(=O)OC(C)OC1CC2CCC1(C)C2(C)C.CCC(C)(C)C(=O)OC(C)OC1CC2CCC1(C)C2(C)C.CCC(C)(C)C(=O)OCOC1C2(C)CCC(C2)C1(C)C. The van der Waals surface area contributed by atoms with Crippen molar-refractivity contribution < 1.29 is 57.1 Å². The number of ether oxygens (including phenoxy) is 8. The maximum Gasteiger partial charge on any atom is 0.313 e. The molecular formula is C71H126O12. The minimum absolute atomic E-state index is 0.0959. The fourth-order valence-corrected chi connectivity index (χ4v) is 16.5. The van der Waals surface area contributed by atoms with Crippen LogP contribution in [0.25, 0.3) is 0 Å². The van der Waals surface area contributed by atoms with E-state index in [0.29, 0.717) is 10.8 Å². The molecule has 0 aromatic carbocycles. The van der Waals surface area contributed by atoms with Crippen LogP contribution in [-0.2, 0) is 57.1 Å². The molecule has 8 aliphatic rings. The molecule has 0 aromatic rings. The van der Waals surface area contributed by atoms with Crippen LogP contribution in [0, 0.1) is 88.7 Å². The van der Waals surface area contributed by atoms with Gasteiger partial charge in [0.05, 0.1) is 46.1 Å². The summed E-state index contributed by atoms with van der Waals surface area (Å²) in [7, 11) is 0. The molecule has 8 fully saturated rings. The lowest BCUT2D eigenvalue weighted by Gasteiger charge is -2.43. The molecule has 12 nitrogen and oxygen atoms in total.